The number of ether oxygens (including phenoxy) is 1. The van der Waals surface area contributed by atoms with Crippen LogP contribution in [0.15, 0.2) is 73.1 Å². The van der Waals surface area contributed by atoms with Crippen LogP contribution in [-0.4, -0.2) is 6.36 Å². The molecule has 0 radical (unpaired) electrons. The largest absolute Gasteiger partial charge is 0.573 e. The number of hydrogen-bond acceptors (Lipinski definition) is 1. The number of alkyl halides is 3. The van der Waals surface area contributed by atoms with Crippen LogP contribution in [0, 0.1) is 17.5 Å². The Balaban J connectivity index is 1.69. The van der Waals surface area contributed by atoms with Crippen molar-refractivity contribution in [2.45, 2.75) is 32.0 Å². The third-order valence-electron chi connectivity index (χ3n) is 5.30. The Morgan fingerprint density at radius 2 is 1.44 bits per heavy atom. The summed E-state index contributed by atoms with van der Waals surface area (Å²) in [5.74, 6) is -7.34. The number of halogens is 8. The van der Waals surface area contributed by atoms with Gasteiger partial charge < -0.3 is 4.74 Å². The molecular formula is C27H20F8O. The molecule has 0 atom stereocenters. The van der Waals surface area contributed by atoms with Crippen LogP contribution in [0.1, 0.15) is 29.5 Å². The molecule has 0 aliphatic carbocycles. The van der Waals surface area contributed by atoms with E-state index in [9.17, 15) is 35.1 Å². The monoisotopic (exact) mass is 512 g/mol. The van der Waals surface area contributed by atoms with Crippen LogP contribution in [0.5, 0.6) is 5.75 Å². The molecule has 0 aliphatic rings. The molecule has 0 unspecified atom stereocenters. The second-order valence-electron chi connectivity index (χ2n) is 7.87. The Hall–Kier alpha value is -3.62. The lowest BCUT2D eigenvalue weighted by Crippen LogP contribution is -2.19. The van der Waals surface area contributed by atoms with Gasteiger partial charge in [0.1, 0.15) is 11.6 Å². The zero-order chi connectivity index (χ0) is 26.5. The second kappa shape index (κ2) is 11.4. The highest BCUT2D eigenvalue weighted by Crippen LogP contribution is 2.33. The van der Waals surface area contributed by atoms with Crippen LogP contribution in [0.4, 0.5) is 35.1 Å². The maximum atomic E-state index is 14.4. The van der Waals surface area contributed by atoms with Gasteiger partial charge in [0.05, 0.1) is 0 Å². The van der Waals surface area contributed by atoms with Crippen molar-refractivity contribution >= 4 is 5.83 Å². The van der Waals surface area contributed by atoms with Gasteiger partial charge in [-0.1, -0.05) is 42.5 Å². The van der Waals surface area contributed by atoms with Gasteiger partial charge in [0.15, 0.2) is 17.5 Å². The second-order valence-corrected chi connectivity index (χ2v) is 7.87. The molecule has 0 amide bonds. The molecular weight excluding hydrogens is 492 g/mol. The lowest BCUT2D eigenvalue weighted by Gasteiger charge is -2.12. The van der Waals surface area contributed by atoms with E-state index in [4.69, 9.17) is 0 Å². The van der Waals surface area contributed by atoms with Crippen molar-refractivity contribution in [3.63, 3.8) is 0 Å². The summed E-state index contributed by atoms with van der Waals surface area (Å²) in [7, 11) is 0. The highest BCUT2D eigenvalue weighted by Gasteiger charge is 2.34. The average molecular weight is 512 g/mol. The van der Waals surface area contributed by atoms with Gasteiger partial charge in [0.2, 0.25) is 5.75 Å². The fraction of sp³-hybridized carbons (Fsp3) is 0.185. The SMILES string of the molecule is C=CCC/C(F)=C(\F)c1ccc(CCc2ccc(-c3cc(F)c(OC(F)(F)F)c(F)c3)cc2)c(F)c1. The van der Waals surface area contributed by atoms with E-state index in [-0.39, 0.29) is 36.0 Å². The van der Waals surface area contributed by atoms with Crippen molar-refractivity contribution in [2.24, 2.45) is 0 Å². The highest BCUT2D eigenvalue weighted by molar-refractivity contribution is 5.65. The van der Waals surface area contributed by atoms with Crippen LogP contribution in [-0.2, 0) is 12.8 Å². The van der Waals surface area contributed by atoms with Gasteiger partial charge in [-0.2, -0.15) is 0 Å². The molecule has 36 heavy (non-hydrogen) atoms. The molecule has 0 saturated carbocycles. The zero-order valence-corrected chi connectivity index (χ0v) is 18.7. The molecule has 3 aromatic carbocycles. The van der Waals surface area contributed by atoms with E-state index in [1.165, 1.54) is 30.3 Å². The molecule has 0 fully saturated rings. The molecule has 0 N–H and O–H groups in total. The molecule has 0 aromatic heterocycles. The third kappa shape index (κ3) is 6.96. The summed E-state index contributed by atoms with van der Waals surface area (Å²) in [5.41, 5.74) is 1.16. The van der Waals surface area contributed by atoms with E-state index in [0.717, 1.165) is 23.8 Å². The van der Waals surface area contributed by atoms with E-state index < -0.39 is 41.2 Å². The number of aryl methyl sites for hydroxylation is 2. The minimum Gasteiger partial charge on any atom is -0.399 e. The van der Waals surface area contributed by atoms with Crippen molar-refractivity contribution in [2.75, 3.05) is 0 Å². The van der Waals surface area contributed by atoms with Crippen molar-refractivity contribution < 1.29 is 39.9 Å². The normalized spacial score (nSPS) is 12.3. The molecule has 0 saturated heterocycles. The van der Waals surface area contributed by atoms with E-state index >= 15 is 0 Å². The van der Waals surface area contributed by atoms with E-state index in [1.807, 2.05) is 0 Å². The molecule has 3 aromatic rings. The van der Waals surface area contributed by atoms with Crippen molar-refractivity contribution in [3.8, 4) is 16.9 Å². The minimum absolute atomic E-state index is 0.00288. The van der Waals surface area contributed by atoms with Gasteiger partial charge >= 0.3 is 6.36 Å². The van der Waals surface area contributed by atoms with E-state index in [1.54, 1.807) is 12.1 Å². The van der Waals surface area contributed by atoms with E-state index in [0.29, 0.717) is 12.0 Å². The quantitative estimate of drug-likeness (QED) is 0.205. The first kappa shape index (κ1) is 27.0. The van der Waals surface area contributed by atoms with Gasteiger partial charge in [-0.3, -0.25) is 0 Å². The number of rotatable bonds is 9. The van der Waals surface area contributed by atoms with E-state index in [2.05, 4.69) is 11.3 Å². The van der Waals surface area contributed by atoms with Crippen LogP contribution in [0.3, 0.4) is 0 Å². The molecule has 0 aliphatic heterocycles. The van der Waals surface area contributed by atoms with Crippen LogP contribution in [0.2, 0.25) is 0 Å². The topological polar surface area (TPSA) is 9.23 Å². The van der Waals surface area contributed by atoms with Crippen LogP contribution >= 0.6 is 0 Å². The number of hydrogen-bond donors (Lipinski definition) is 0. The van der Waals surface area contributed by atoms with Gasteiger partial charge in [-0.05, 0) is 59.7 Å². The molecule has 0 spiro atoms. The predicted molar refractivity (Wildman–Crippen MR) is 121 cm³/mol. The minimum atomic E-state index is -5.24. The summed E-state index contributed by atoms with van der Waals surface area (Å²) in [6, 6.07) is 11.3. The number of benzene rings is 3. The van der Waals surface area contributed by atoms with Crippen molar-refractivity contribution in [3.05, 3.63) is 107 Å². The van der Waals surface area contributed by atoms with Gasteiger partial charge in [-0.15, -0.1) is 19.8 Å². The molecule has 1 nitrogen and oxygen atoms in total. The van der Waals surface area contributed by atoms with Gasteiger partial charge in [0, 0.05) is 12.0 Å². The molecule has 0 bridgehead atoms. The summed E-state index contributed by atoms with van der Waals surface area (Å²) in [6.45, 7) is 3.44. The van der Waals surface area contributed by atoms with Crippen LogP contribution < -0.4 is 4.74 Å². The van der Waals surface area contributed by atoms with Gasteiger partial charge in [-0.25, -0.2) is 22.0 Å². The predicted octanol–water partition coefficient (Wildman–Crippen LogP) is 9.03. The van der Waals surface area contributed by atoms with Crippen LogP contribution in [0.25, 0.3) is 17.0 Å². The third-order valence-corrected chi connectivity index (χ3v) is 5.30. The molecule has 190 valence electrons. The number of allylic oxidation sites excluding steroid dienone is 2. The first-order valence-electron chi connectivity index (χ1n) is 10.8. The van der Waals surface area contributed by atoms with Crippen molar-refractivity contribution in [1.82, 2.24) is 0 Å². The molecule has 3 rings (SSSR count). The summed E-state index contributed by atoms with van der Waals surface area (Å²) in [4.78, 5) is 0. The summed E-state index contributed by atoms with van der Waals surface area (Å²) >= 11 is 0. The summed E-state index contributed by atoms with van der Waals surface area (Å²) in [5, 5.41) is 0. The Morgan fingerprint density at radius 3 is 2.00 bits per heavy atom. The van der Waals surface area contributed by atoms with Crippen molar-refractivity contribution in [1.29, 1.82) is 0 Å². The lowest BCUT2D eigenvalue weighted by molar-refractivity contribution is -0.276. The molecule has 9 heteroatoms. The fourth-order valence-corrected chi connectivity index (χ4v) is 3.46. The Bertz CT molecular complexity index is 1240. The first-order chi connectivity index (χ1) is 17.0. The Kier molecular flexibility index (Phi) is 8.55. The highest BCUT2D eigenvalue weighted by atomic mass is 19.4. The smallest absolute Gasteiger partial charge is 0.399 e. The summed E-state index contributed by atoms with van der Waals surface area (Å²) < 4.78 is 111. The standard InChI is InChI=1S/C27H20F8O/c1-2-3-4-21(28)25(32)19-12-11-18(22(29)13-19)10-7-16-5-8-17(9-6-16)20-14-23(30)26(24(31)15-20)36-27(33,34)35/h2,5-6,8-9,11-15H,1,3-4,7,10H2/b25-21+. The Labute approximate surface area is 202 Å². The summed E-state index contributed by atoms with van der Waals surface area (Å²) in [6.07, 6.45) is -3.11. The maximum Gasteiger partial charge on any atom is 0.573 e. The zero-order valence-electron chi connectivity index (χ0n) is 18.7. The maximum absolute atomic E-state index is 14.4. The first-order valence-corrected chi connectivity index (χ1v) is 10.8. The molecule has 0 heterocycles. The Morgan fingerprint density at radius 1 is 0.806 bits per heavy atom. The lowest BCUT2D eigenvalue weighted by atomic mass is 9.99. The fourth-order valence-electron chi connectivity index (χ4n) is 3.46. The average Bonchev–Trinajstić information content (AvgIpc) is 2.83. The van der Waals surface area contributed by atoms with Gasteiger partial charge in [0.25, 0.3) is 0 Å².